The Kier molecular flexibility index (Phi) is 5.63. The fraction of sp³-hybridized carbons (Fsp3) is 0.538. The van der Waals surface area contributed by atoms with Crippen LogP contribution < -0.4 is 0 Å². The third kappa shape index (κ3) is 4.95. The highest BCUT2D eigenvalue weighted by molar-refractivity contribution is 5.98. The summed E-state index contributed by atoms with van der Waals surface area (Å²) < 4.78 is 4.46. The van der Waals surface area contributed by atoms with E-state index < -0.39 is 6.10 Å². The van der Waals surface area contributed by atoms with Gasteiger partial charge in [0.1, 0.15) is 0 Å². The molecule has 0 amide bonds. The molecule has 94 valence electrons. The molecule has 0 aliphatic heterocycles. The Labute approximate surface area is 101 Å². The van der Waals surface area contributed by atoms with Gasteiger partial charge in [-0.3, -0.25) is 4.79 Å². The van der Waals surface area contributed by atoms with E-state index in [-0.39, 0.29) is 18.2 Å². The first-order valence-electron chi connectivity index (χ1n) is 5.80. The molecule has 1 unspecified atom stereocenters. The predicted octanol–water partition coefficient (Wildman–Crippen LogP) is 1.54. The van der Waals surface area contributed by atoms with Gasteiger partial charge in [-0.05, 0) is 37.3 Å². The Bertz CT molecular complexity index is 341. The molecule has 0 bridgehead atoms. The van der Waals surface area contributed by atoms with Gasteiger partial charge in [-0.2, -0.15) is 0 Å². The Morgan fingerprint density at radius 1 is 1.59 bits per heavy atom. The fourth-order valence-corrected chi connectivity index (χ4v) is 1.75. The maximum absolute atomic E-state index is 11.3. The number of allylic oxidation sites excluding steroid dienone is 2. The average molecular weight is 238 g/mol. The number of aliphatic hydroxyl groups is 1. The summed E-state index contributed by atoms with van der Waals surface area (Å²) in [7, 11) is 1.34. The van der Waals surface area contributed by atoms with E-state index in [4.69, 9.17) is 0 Å². The van der Waals surface area contributed by atoms with Crippen molar-refractivity contribution in [3.63, 3.8) is 0 Å². The zero-order valence-electron chi connectivity index (χ0n) is 10.0. The molecule has 1 atom stereocenters. The van der Waals surface area contributed by atoms with Gasteiger partial charge in [0.2, 0.25) is 0 Å². The largest absolute Gasteiger partial charge is 0.466 e. The Hall–Kier alpha value is -1.42. The highest BCUT2D eigenvalue weighted by Crippen LogP contribution is 2.20. The summed E-state index contributed by atoms with van der Waals surface area (Å²) in [4.78, 5) is 22.1. The van der Waals surface area contributed by atoms with Crippen LogP contribution in [0.4, 0.5) is 0 Å². The summed E-state index contributed by atoms with van der Waals surface area (Å²) in [5, 5.41) is 9.24. The smallest absolute Gasteiger partial charge is 0.330 e. The van der Waals surface area contributed by atoms with E-state index in [9.17, 15) is 14.7 Å². The number of hydrogen-bond acceptors (Lipinski definition) is 4. The topological polar surface area (TPSA) is 63.6 Å². The second-order valence-corrected chi connectivity index (χ2v) is 4.06. The fourth-order valence-electron chi connectivity index (χ4n) is 1.75. The van der Waals surface area contributed by atoms with Crippen LogP contribution in [0.25, 0.3) is 0 Å². The summed E-state index contributed by atoms with van der Waals surface area (Å²) in [5.41, 5.74) is 0.745. The lowest BCUT2D eigenvalue weighted by atomic mass is 10.1. The predicted molar refractivity (Wildman–Crippen MR) is 63.3 cm³/mol. The van der Waals surface area contributed by atoms with Crippen LogP contribution in [-0.2, 0) is 14.3 Å². The molecule has 0 aromatic rings. The molecular formula is C13H18O4. The molecule has 1 rings (SSSR count). The molecule has 0 saturated carbocycles. The lowest BCUT2D eigenvalue weighted by molar-refractivity contribution is -0.134. The zero-order valence-corrected chi connectivity index (χ0v) is 10.0. The monoisotopic (exact) mass is 238 g/mol. The van der Waals surface area contributed by atoms with Crippen LogP contribution in [-0.4, -0.2) is 30.1 Å². The van der Waals surface area contributed by atoms with Gasteiger partial charge in [0.15, 0.2) is 5.78 Å². The highest BCUT2D eigenvalue weighted by Gasteiger charge is 2.20. The molecule has 1 aliphatic rings. The van der Waals surface area contributed by atoms with Gasteiger partial charge in [0.25, 0.3) is 0 Å². The normalized spacial score (nSPS) is 19.8. The number of carbonyl (C=O) groups is 2. The molecule has 0 fully saturated rings. The van der Waals surface area contributed by atoms with Crippen molar-refractivity contribution in [1.82, 2.24) is 0 Å². The van der Waals surface area contributed by atoms with E-state index in [0.29, 0.717) is 6.42 Å². The molecule has 0 heterocycles. The number of ether oxygens (including phenoxy) is 1. The van der Waals surface area contributed by atoms with Crippen LogP contribution >= 0.6 is 0 Å². The molecule has 1 N–H and O–H groups in total. The maximum atomic E-state index is 11.3. The van der Waals surface area contributed by atoms with Gasteiger partial charge in [-0.1, -0.05) is 6.08 Å². The molecule has 0 saturated heterocycles. The number of rotatable bonds is 6. The third-order valence-electron chi connectivity index (χ3n) is 2.67. The van der Waals surface area contributed by atoms with Crippen LogP contribution in [0, 0.1) is 0 Å². The summed E-state index contributed by atoms with van der Waals surface area (Å²) in [6, 6.07) is 0. The van der Waals surface area contributed by atoms with E-state index >= 15 is 0 Å². The van der Waals surface area contributed by atoms with E-state index in [1.807, 2.05) is 0 Å². The van der Waals surface area contributed by atoms with Crippen molar-refractivity contribution in [1.29, 1.82) is 0 Å². The Morgan fingerprint density at radius 3 is 2.94 bits per heavy atom. The third-order valence-corrected chi connectivity index (χ3v) is 2.67. The molecular weight excluding hydrogens is 220 g/mol. The Morgan fingerprint density at radius 2 is 2.35 bits per heavy atom. The Balaban J connectivity index is 2.13. The lowest BCUT2D eigenvalue weighted by Crippen LogP contribution is -2.01. The van der Waals surface area contributed by atoms with Gasteiger partial charge in [-0.25, -0.2) is 4.79 Å². The molecule has 4 heteroatoms. The maximum Gasteiger partial charge on any atom is 0.330 e. The summed E-state index contributed by atoms with van der Waals surface area (Å²) in [5.74, 6) is -0.288. The highest BCUT2D eigenvalue weighted by atomic mass is 16.5. The number of ketones is 1. The number of aliphatic hydroxyl groups excluding tert-OH is 1. The van der Waals surface area contributed by atoms with E-state index in [2.05, 4.69) is 4.74 Å². The van der Waals surface area contributed by atoms with Gasteiger partial charge in [-0.15, -0.1) is 0 Å². The molecule has 0 aromatic carbocycles. The van der Waals surface area contributed by atoms with Crippen LogP contribution in [0.5, 0.6) is 0 Å². The number of methoxy groups -OCH3 is 1. The first-order chi connectivity index (χ1) is 8.13. The minimum Gasteiger partial charge on any atom is -0.466 e. The van der Waals surface area contributed by atoms with E-state index in [1.54, 1.807) is 12.2 Å². The minimum atomic E-state index is -0.586. The lowest BCUT2D eigenvalue weighted by Gasteiger charge is -1.98. The van der Waals surface area contributed by atoms with Gasteiger partial charge < -0.3 is 9.84 Å². The van der Waals surface area contributed by atoms with Crippen molar-refractivity contribution in [2.45, 2.75) is 38.2 Å². The number of esters is 1. The van der Waals surface area contributed by atoms with Crippen molar-refractivity contribution in [2.75, 3.05) is 7.11 Å². The first kappa shape index (κ1) is 13.6. The van der Waals surface area contributed by atoms with Crippen molar-refractivity contribution in [3.05, 3.63) is 23.8 Å². The number of unbranched alkanes of at least 4 members (excludes halogenated alkanes) is 2. The average Bonchev–Trinajstić information content (AvgIpc) is 2.62. The molecule has 1 aliphatic carbocycles. The van der Waals surface area contributed by atoms with Gasteiger partial charge in [0, 0.05) is 12.5 Å². The standard InChI is InChI=1S/C13H18O4/c1-17-13(16)7-5-3-2-4-6-10-8-11(14)9-12(10)15/h5,7-8,11,14H,2-4,6,9H2,1H3. The molecule has 17 heavy (non-hydrogen) atoms. The van der Waals surface area contributed by atoms with E-state index in [1.165, 1.54) is 13.2 Å². The van der Waals surface area contributed by atoms with Crippen LogP contribution in [0.2, 0.25) is 0 Å². The molecule has 4 nitrogen and oxygen atoms in total. The van der Waals surface area contributed by atoms with Crippen LogP contribution in [0.1, 0.15) is 32.1 Å². The van der Waals surface area contributed by atoms with Crippen LogP contribution in [0.3, 0.4) is 0 Å². The second-order valence-electron chi connectivity index (χ2n) is 4.06. The second kappa shape index (κ2) is 7.01. The molecule has 0 radical (unpaired) electrons. The van der Waals surface area contributed by atoms with Crippen LogP contribution in [0.15, 0.2) is 23.8 Å². The van der Waals surface area contributed by atoms with Crippen molar-refractivity contribution >= 4 is 11.8 Å². The molecule has 0 aromatic heterocycles. The van der Waals surface area contributed by atoms with E-state index in [0.717, 1.165) is 24.8 Å². The summed E-state index contributed by atoms with van der Waals surface area (Å²) in [6.45, 7) is 0. The molecule has 0 spiro atoms. The quantitative estimate of drug-likeness (QED) is 0.433. The number of Topliss-reactive ketones (excluding diaryl/α,β-unsaturated/α-hetero) is 1. The summed E-state index contributed by atoms with van der Waals surface area (Å²) in [6.07, 6.45) is 7.77. The number of carbonyl (C=O) groups excluding carboxylic acids is 2. The van der Waals surface area contributed by atoms with Crippen molar-refractivity contribution < 1.29 is 19.4 Å². The summed E-state index contributed by atoms with van der Waals surface area (Å²) >= 11 is 0. The first-order valence-corrected chi connectivity index (χ1v) is 5.80. The van der Waals surface area contributed by atoms with Gasteiger partial charge in [0.05, 0.1) is 13.2 Å². The van der Waals surface area contributed by atoms with Crippen molar-refractivity contribution in [3.8, 4) is 0 Å². The number of hydrogen-bond donors (Lipinski definition) is 1. The SMILES string of the molecule is COC(=O)C=CCCCCC1=CC(O)CC1=O. The van der Waals surface area contributed by atoms with Crippen molar-refractivity contribution in [2.24, 2.45) is 0 Å². The van der Waals surface area contributed by atoms with Gasteiger partial charge >= 0.3 is 5.97 Å². The zero-order chi connectivity index (χ0) is 12.7. The minimum absolute atomic E-state index is 0.0580.